The Balaban J connectivity index is 1.46. The molecule has 2 N–H and O–H groups in total. The second-order valence-electron chi connectivity index (χ2n) is 8.75. The first kappa shape index (κ1) is 24.1. The Morgan fingerprint density at radius 1 is 1.00 bits per heavy atom. The van der Waals surface area contributed by atoms with Gasteiger partial charge in [0.25, 0.3) is 5.91 Å². The molecule has 0 radical (unpaired) electrons. The third-order valence-electron chi connectivity index (χ3n) is 5.66. The summed E-state index contributed by atoms with van der Waals surface area (Å²) in [6, 6.07) is 15.7. The van der Waals surface area contributed by atoms with Gasteiger partial charge in [-0.1, -0.05) is 42.0 Å². The minimum Gasteiger partial charge on any atom is -0.354 e. The van der Waals surface area contributed by atoms with Crippen molar-refractivity contribution in [1.82, 2.24) is 25.4 Å². The van der Waals surface area contributed by atoms with Gasteiger partial charge >= 0.3 is 0 Å². The van der Waals surface area contributed by atoms with Crippen molar-refractivity contribution in [2.24, 2.45) is 0 Å². The lowest BCUT2D eigenvalue weighted by Crippen LogP contribution is -2.35. The molecule has 0 bridgehead atoms. The molecule has 7 nitrogen and oxygen atoms in total. The quantitative estimate of drug-likeness (QED) is 0.375. The monoisotopic (exact) mass is 473 g/mol. The van der Waals surface area contributed by atoms with E-state index in [0.717, 1.165) is 16.7 Å². The molecule has 180 valence electrons. The fourth-order valence-corrected chi connectivity index (χ4v) is 3.78. The van der Waals surface area contributed by atoms with E-state index in [-0.39, 0.29) is 43.2 Å². The summed E-state index contributed by atoms with van der Waals surface area (Å²) in [7, 11) is 0. The van der Waals surface area contributed by atoms with Crippen LogP contribution in [0.25, 0.3) is 22.3 Å². The fraction of sp³-hybridized carbons (Fsp3) is 0.259. The molecule has 0 aliphatic rings. The van der Waals surface area contributed by atoms with Gasteiger partial charge in [0.05, 0.1) is 29.3 Å². The molecule has 0 saturated carbocycles. The summed E-state index contributed by atoms with van der Waals surface area (Å²) in [6.07, 6.45) is 1.81. The average Bonchev–Trinajstić information content (AvgIpc) is 3.27. The number of hydrogen-bond acceptors (Lipinski definition) is 4. The highest BCUT2D eigenvalue weighted by molar-refractivity contribution is 6.06. The van der Waals surface area contributed by atoms with Crippen LogP contribution in [0.15, 0.2) is 60.8 Å². The maximum absolute atomic E-state index is 13.1. The van der Waals surface area contributed by atoms with Crippen LogP contribution in [0.4, 0.5) is 4.39 Å². The number of pyridine rings is 1. The lowest BCUT2D eigenvalue weighted by atomic mass is 10.1. The lowest BCUT2D eigenvalue weighted by Gasteiger charge is -2.12. The number of nitrogens with zero attached hydrogens (tertiary/aromatic N) is 3. The average molecular weight is 474 g/mol. The van der Waals surface area contributed by atoms with E-state index < -0.39 is 0 Å². The Hall–Kier alpha value is -4.07. The highest BCUT2D eigenvalue weighted by atomic mass is 19.1. The third-order valence-corrected chi connectivity index (χ3v) is 5.66. The van der Waals surface area contributed by atoms with Crippen LogP contribution >= 0.6 is 0 Å². The fourth-order valence-electron chi connectivity index (χ4n) is 3.78. The zero-order valence-corrected chi connectivity index (χ0v) is 20.0. The smallest absolute Gasteiger partial charge is 0.252 e. The van der Waals surface area contributed by atoms with Crippen molar-refractivity contribution in [1.29, 1.82) is 0 Å². The predicted molar refractivity (Wildman–Crippen MR) is 134 cm³/mol. The summed E-state index contributed by atoms with van der Waals surface area (Å²) in [5.41, 5.74) is 4.60. The Kier molecular flexibility index (Phi) is 7.19. The standard InChI is InChI=1S/C27H28FN5O2/c1-17(2)33-26-23(16-31-33)22(15-24(32-26)20-8-4-18(3)5-9-20)27(35)30-13-12-29-25(34)14-19-6-10-21(28)11-7-19/h4-11,15-17H,12-14H2,1-3H3,(H,29,34)(H,30,35). The first-order valence-electron chi connectivity index (χ1n) is 11.6. The summed E-state index contributed by atoms with van der Waals surface area (Å²) in [5.74, 6) is -0.801. The zero-order valence-electron chi connectivity index (χ0n) is 20.0. The Bertz CT molecular complexity index is 1340. The second-order valence-corrected chi connectivity index (χ2v) is 8.75. The predicted octanol–water partition coefficient (Wildman–Crippen LogP) is 4.22. The number of amides is 2. The maximum Gasteiger partial charge on any atom is 0.252 e. The SMILES string of the molecule is Cc1ccc(-c2cc(C(=O)NCCNC(=O)Cc3ccc(F)cc3)c3cnn(C(C)C)c3n2)cc1. The molecule has 0 aliphatic heterocycles. The van der Waals surface area contributed by atoms with E-state index in [4.69, 9.17) is 4.98 Å². The minimum atomic E-state index is -0.341. The number of fused-ring (bicyclic) bond motifs is 1. The van der Waals surface area contributed by atoms with Gasteiger partial charge in [0, 0.05) is 24.7 Å². The van der Waals surface area contributed by atoms with Crippen LogP contribution in [-0.2, 0) is 11.2 Å². The third kappa shape index (κ3) is 5.71. The molecule has 8 heteroatoms. The molecule has 0 aliphatic carbocycles. The molecule has 4 aromatic rings. The van der Waals surface area contributed by atoms with Crippen molar-refractivity contribution in [2.45, 2.75) is 33.2 Å². The molecule has 0 spiro atoms. The largest absolute Gasteiger partial charge is 0.354 e. The Morgan fingerprint density at radius 2 is 1.69 bits per heavy atom. The first-order valence-corrected chi connectivity index (χ1v) is 11.6. The minimum absolute atomic E-state index is 0.0838. The van der Waals surface area contributed by atoms with E-state index >= 15 is 0 Å². The number of benzene rings is 2. The number of rotatable bonds is 8. The molecule has 35 heavy (non-hydrogen) atoms. The topological polar surface area (TPSA) is 88.9 Å². The van der Waals surface area contributed by atoms with Gasteiger partial charge in [-0.05, 0) is 44.5 Å². The van der Waals surface area contributed by atoms with E-state index in [0.29, 0.717) is 22.3 Å². The molecule has 2 heterocycles. The van der Waals surface area contributed by atoms with Gasteiger partial charge in [-0.15, -0.1) is 0 Å². The van der Waals surface area contributed by atoms with Crippen LogP contribution in [0.1, 0.15) is 41.4 Å². The number of carbonyl (C=O) groups is 2. The van der Waals surface area contributed by atoms with Crippen molar-refractivity contribution < 1.29 is 14.0 Å². The number of carbonyl (C=O) groups excluding carboxylic acids is 2. The first-order chi connectivity index (χ1) is 16.8. The highest BCUT2D eigenvalue weighted by Gasteiger charge is 2.18. The van der Waals surface area contributed by atoms with Crippen LogP contribution in [0.2, 0.25) is 0 Å². The van der Waals surface area contributed by atoms with E-state index in [2.05, 4.69) is 15.7 Å². The van der Waals surface area contributed by atoms with Crippen molar-refractivity contribution >= 4 is 22.8 Å². The molecule has 2 amide bonds. The Morgan fingerprint density at radius 3 is 2.37 bits per heavy atom. The molecule has 0 saturated heterocycles. The van der Waals surface area contributed by atoms with E-state index in [1.807, 2.05) is 45.0 Å². The molecular weight excluding hydrogens is 445 g/mol. The lowest BCUT2D eigenvalue weighted by molar-refractivity contribution is -0.120. The number of hydrogen-bond donors (Lipinski definition) is 2. The van der Waals surface area contributed by atoms with E-state index in [1.54, 1.807) is 29.1 Å². The molecule has 2 aromatic heterocycles. The second kappa shape index (κ2) is 10.5. The molecule has 0 unspecified atom stereocenters. The molecule has 2 aromatic carbocycles. The molecule has 0 atom stereocenters. The molecule has 4 rings (SSSR count). The molecule has 0 fully saturated rings. The van der Waals surface area contributed by atoms with Gasteiger partial charge in [-0.25, -0.2) is 14.1 Å². The van der Waals surface area contributed by atoms with Crippen LogP contribution in [0.5, 0.6) is 0 Å². The van der Waals surface area contributed by atoms with Crippen molar-refractivity contribution in [3.63, 3.8) is 0 Å². The maximum atomic E-state index is 13.1. The summed E-state index contributed by atoms with van der Waals surface area (Å²) < 4.78 is 14.8. The van der Waals surface area contributed by atoms with Gasteiger partial charge in [-0.2, -0.15) is 5.10 Å². The van der Waals surface area contributed by atoms with Crippen LogP contribution in [-0.4, -0.2) is 39.7 Å². The summed E-state index contributed by atoms with van der Waals surface area (Å²) in [5, 5.41) is 10.8. The van der Waals surface area contributed by atoms with Gasteiger partial charge < -0.3 is 10.6 Å². The number of halogens is 1. The van der Waals surface area contributed by atoms with Gasteiger partial charge in [0.1, 0.15) is 5.82 Å². The van der Waals surface area contributed by atoms with Crippen molar-refractivity contribution in [3.8, 4) is 11.3 Å². The number of aryl methyl sites for hydroxylation is 1. The molecular formula is C27H28FN5O2. The van der Waals surface area contributed by atoms with Gasteiger partial charge in [0.15, 0.2) is 5.65 Å². The van der Waals surface area contributed by atoms with E-state index in [1.165, 1.54) is 12.1 Å². The zero-order chi connectivity index (χ0) is 24.9. The van der Waals surface area contributed by atoms with Crippen LogP contribution < -0.4 is 10.6 Å². The number of nitrogens with one attached hydrogen (secondary N) is 2. The normalized spacial score (nSPS) is 11.1. The van der Waals surface area contributed by atoms with Crippen LogP contribution in [0, 0.1) is 12.7 Å². The summed E-state index contributed by atoms with van der Waals surface area (Å²) in [4.78, 5) is 30.1. The summed E-state index contributed by atoms with van der Waals surface area (Å²) in [6.45, 7) is 6.58. The van der Waals surface area contributed by atoms with Gasteiger partial charge in [0.2, 0.25) is 5.91 Å². The number of aromatic nitrogens is 3. The van der Waals surface area contributed by atoms with E-state index in [9.17, 15) is 14.0 Å². The van der Waals surface area contributed by atoms with Crippen LogP contribution in [0.3, 0.4) is 0 Å². The summed E-state index contributed by atoms with van der Waals surface area (Å²) >= 11 is 0. The van der Waals surface area contributed by atoms with Crippen molar-refractivity contribution in [2.75, 3.05) is 13.1 Å². The van der Waals surface area contributed by atoms with Gasteiger partial charge in [-0.3, -0.25) is 9.59 Å². The Labute approximate surface area is 203 Å². The van der Waals surface area contributed by atoms with Crippen molar-refractivity contribution in [3.05, 3.63) is 83.3 Å². The highest BCUT2D eigenvalue weighted by Crippen LogP contribution is 2.26.